The zero-order chi connectivity index (χ0) is 14.2. The molecule has 1 aromatic heterocycles. The fraction of sp³-hybridized carbons (Fsp3) is 0.429. The molecule has 0 radical (unpaired) electrons. The minimum atomic E-state index is -3.34. The predicted octanol–water partition coefficient (Wildman–Crippen LogP) is 2.78. The zero-order valence-electron chi connectivity index (χ0n) is 11.3. The number of hydrogen-bond acceptors (Lipinski definition) is 4. The number of fused-ring (bicyclic) bond motifs is 1. The van der Waals surface area contributed by atoms with Crippen molar-refractivity contribution in [3.63, 3.8) is 0 Å². The summed E-state index contributed by atoms with van der Waals surface area (Å²) in [5, 5.41) is 5.89. The van der Waals surface area contributed by atoms with Crippen molar-refractivity contribution in [1.29, 1.82) is 0 Å². The van der Waals surface area contributed by atoms with Crippen molar-refractivity contribution in [1.82, 2.24) is 5.32 Å². The van der Waals surface area contributed by atoms with Crippen LogP contribution in [0.1, 0.15) is 19.8 Å². The molecule has 2 aromatic rings. The molecule has 1 fully saturated rings. The van der Waals surface area contributed by atoms with E-state index in [4.69, 9.17) is 0 Å². The Morgan fingerprint density at radius 1 is 1.35 bits per heavy atom. The third-order valence-corrected chi connectivity index (χ3v) is 6.16. The Balaban J connectivity index is 1.70. The van der Waals surface area contributed by atoms with Crippen molar-refractivity contribution in [2.24, 2.45) is 0 Å². The number of rotatable bonds is 6. The molecule has 0 amide bonds. The molecule has 108 valence electrons. The fourth-order valence-corrected chi connectivity index (χ4v) is 3.77. The topological polar surface area (TPSA) is 58.2 Å². The molecular weight excluding hydrogens is 292 g/mol. The first-order valence-corrected chi connectivity index (χ1v) is 9.19. The number of benzene rings is 1. The largest absolute Gasteiger partial charge is 0.313 e. The summed E-state index contributed by atoms with van der Waals surface area (Å²) in [6, 6.07) is 8.16. The van der Waals surface area contributed by atoms with Crippen LogP contribution in [-0.4, -0.2) is 26.3 Å². The molecule has 6 heteroatoms. The normalized spacial score (nSPS) is 17.2. The maximum absolute atomic E-state index is 12.3. The van der Waals surface area contributed by atoms with E-state index in [0.717, 1.165) is 22.9 Å². The summed E-state index contributed by atoms with van der Waals surface area (Å²) in [6.45, 7) is 2.24. The van der Waals surface area contributed by atoms with Crippen molar-refractivity contribution in [2.75, 3.05) is 11.3 Å². The molecule has 0 spiro atoms. The lowest BCUT2D eigenvalue weighted by molar-refractivity contribution is 0.576. The van der Waals surface area contributed by atoms with Crippen LogP contribution in [0, 0.1) is 0 Å². The van der Waals surface area contributed by atoms with Gasteiger partial charge in [-0.3, -0.25) is 4.72 Å². The minimum absolute atomic E-state index is 0.443. The Hall–Kier alpha value is -1.11. The van der Waals surface area contributed by atoms with Gasteiger partial charge >= 0.3 is 0 Å². The first-order chi connectivity index (χ1) is 9.54. The highest BCUT2D eigenvalue weighted by Crippen LogP contribution is 2.25. The van der Waals surface area contributed by atoms with Gasteiger partial charge in [-0.1, -0.05) is 0 Å². The van der Waals surface area contributed by atoms with E-state index < -0.39 is 15.3 Å². The minimum Gasteiger partial charge on any atom is -0.313 e. The summed E-state index contributed by atoms with van der Waals surface area (Å²) in [4.78, 5) is 0. The monoisotopic (exact) mass is 310 g/mol. The second kappa shape index (κ2) is 5.35. The molecule has 0 aliphatic heterocycles. The first kappa shape index (κ1) is 13.9. The molecule has 4 nitrogen and oxygen atoms in total. The third kappa shape index (κ3) is 3.13. The molecule has 1 atom stereocenters. The number of anilines is 1. The summed E-state index contributed by atoms with van der Waals surface area (Å²) < 4.78 is 28.4. The van der Waals surface area contributed by atoms with Gasteiger partial charge in [-0.05, 0) is 54.8 Å². The van der Waals surface area contributed by atoms with E-state index in [2.05, 4.69) is 10.0 Å². The van der Waals surface area contributed by atoms with Crippen molar-refractivity contribution in [3.05, 3.63) is 29.6 Å². The van der Waals surface area contributed by atoms with E-state index in [0.29, 0.717) is 18.3 Å². The summed E-state index contributed by atoms with van der Waals surface area (Å²) in [7, 11) is -3.34. The van der Waals surface area contributed by atoms with Crippen molar-refractivity contribution < 1.29 is 8.42 Å². The van der Waals surface area contributed by atoms with E-state index >= 15 is 0 Å². The Bertz CT molecular complexity index is 705. The van der Waals surface area contributed by atoms with Gasteiger partial charge in [0, 0.05) is 23.0 Å². The maximum Gasteiger partial charge on any atom is 0.236 e. The van der Waals surface area contributed by atoms with Gasteiger partial charge in [-0.15, -0.1) is 11.3 Å². The van der Waals surface area contributed by atoms with E-state index in [9.17, 15) is 8.42 Å². The molecule has 20 heavy (non-hydrogen) atoms. The van der Waals surface area contributed by atoms with Crippen LogP contribution in [0.3, 0.4) is 0 Å². The maximum atomic E-state index is 12.3. The van der Waals surface area contributed by atoms with Gasteiger partial charge in [-0.25, -0.2) is 8.42 Å². The third-order valence-electron chi connectivity index (χ3n) is 3.51. The highest BCUT2D eigenvalue weighted by Gasteiger charge is 2.25. The van der Waals surface area contributed by atoms with Crippen LogP contribution in [0.4, 0.5) is 5.69 Å². The Morgan fingerprint density at radius 2 is 2.15 bits per heavy atom. The Labute approximate surface area is 123 Å². The molecule has 2 N–H and O–H groups in total. The first-order valence-electron chi connectivity index (χ1n) is 6.77. The average Bonchev–Trinajstić information content (AvgIpc) is 3.12. The number of nitrogens with one attached hydrogen (secondary N) is 2. The van der Waals surface area contributed by atoms with Crippen LogP contribution < -0.4 is 10.0 Å². The van der Waals surface area contributed by atoms with E-state index in [-0.39, 0.29) is 0 Å². The van der Waals surface area contributed by atoms with Crippen LogP contribution in [-0.2, 0) is 10.0 Å². The van der Waals surface area contributed by atoms with Crippen LogP contribution in [0.25, 0.3) is 10.1 Å². The van der Waals surface area contributed by atoms with E-state index in [1.165, 1.54) is 0 Å². The zero-order valence-corrected chi connectivity index (χ0v) is 12.9. The van der Waals surface area contributed by atoms with Gasteiger partial charge in [0.2, 0.25) is 10.0 Å². The SMILES string of the molecule is CC(CNC1CC1)S(=O)(=O)Nc1ccc2sccc2c1. The van der Waals surface area contributed by atoms with E-state index in [1.54, 1.807) is 18.3 Å². The number of hydrogen-bond donors (Lipinski definition) is 2. The quantitative estimate of drug-likeness (QED) is 0.862. The summed E-state index contributed by atoms with van der Waals surface area (Å²) >= 11 is 1.65. The van der Waals surface area contributed by atoms with Crippen molar-refractivity contribution >= 4 is 37.1 Å². The predicted molar refractivity (Wildman–Crippen MR) is 84.9 cm³/mol. The fourth-order valence-electron chi connectivity index (χ4n) is 2.02. The summed E-state index contributed by atoms with van der Waals surface area (Å²) in [5.41, 5.74) is 0.633. The molecule has 1 aliphatic carbocycles. The highest BCUT2D eigenvalue weighted by atomic mass is 32.2. The number of thiophene rings is 1. The molecule has 0 bridgehead atoms. The molecular formula is C14H18N2O2S2. The van der Waals surface area contributed by atoms with Crippen LogP contribution in [0.2, 0.25) is 0 Å². The lowest BCUT2D eigenvalue weighted by Crippen LogP contribution is -2.35. The molecule has 1 saturated carbocycles. The Kier molecular flexibility index (Phi) is 3.70. The smallest absolute Gasteiger partial charge is 0.236 e. The summed E-state index contributed by atoms with van der Waals surface area (Å²) in [5.74, 6) is 0. The molecule has 1 heterocycles. The molecule has 0 saturated heterocycles. The van der Waals surface area contributed by atoms with Gasteiger partial charge in [0.1, 0.15) is 0 Å². The van der Waals surface area contributed by atoms with E-state index in [1.807, 2.05) is 29.6 Å². The Morgan fingerprint density at radius 3 is 2.90 bits per heavy atom. The highest BCUT2D eigenvalue weighted by molar-refractivity contribution is 7.93. The van der Waals surface area contributed by atoms with Crippen LogP contribution in [0.5, 0.6) is 0 Å². The molecule has 1 aromatic carbocycles. The van der Waals surface area contributed by atoms with Gasteiger partial charge in [0.25, 0.3) is 0 Å². The second-order valence-electron chi connectivity index (χ2n) is 5.31. The molecule has 1 unspecified atom stereocenters. The molecule has 3 rings (SSSR count). The van der Waals surface area contributed by atoms with Gasteiger partial charge < -0.3 is 5.32 Å². The lowest BCUT2D eigenvalue weighted by Gasteiger charge is -2.15. The number of sulfonamides is 1. The summed E-state index contributed by atoms with van der Waals surface area (Å²) in [6.07, 6.45) is 2.32. The van der Waals surface area contributed by atoms with Gasteiger partial charge in [0.05, 0.1) is 5.25 Å². The molecule has 1 aliphatic rings. The van der Waals surface area contributed by atoms with Gasteiger partial charge in [-0.2, -0.15) is 0 Å². The van der Waals surface area contributed by atoms with Crippen LogP contribution >= 0.6 is 11.3 Å². The van der Waals surface area contributed by atoms with Crippen LogP contribution in [0.15, 0.2) is 29.6 Å². The average molecular weight is 310 g/mol. The van der Waals surface area contributed by atoms with Crippen molar-refractivity contribution in [2.45, 2.75) is 31.1 Å². The standard InChI is InChI=1S/C14H18N2O2S2/c1-10(9-15-12-2-3-12)20(17,18)16-13-4-5-14-11(8-13)6-7-19-14/h4-8,10,12,15-16H,2-3,9H2,1H3. The van der Waals surface area contributed by atoms with Gasteiger partial charge in [0.15, 0.2) is 0 Å². The van der Waals surface area contributed by atoms with Crippen molar-refractivity contribution in [3.8, 4) is 0 Å². The lowest BCUT2D eigenvalue weighted by atomic mass is 10.2. The second-order valence-corrected chi connectivity index (χ2v) is 8.36.